The molecule has 2 fully saturated rings. The maximum absolute atomic E-state index is 13.4. The van der Waals surface area contributed by atoms with Crippen LogP contribution in [0.1, 0.15) is 44.0 Å². The number of rotatable bonds is 5. The van der Waals surface area contributed by atoms with Crippen molar-refractivity contribution < 1.29 is 23.9 Å². The van der Waals surface area contributed by atoms with Gasteiger partial charge in [-0.15, -0.1) is 0 Å². The molecule has 2 aliphatic heterocycles. The lowest BCUT2D eigenvalue weighted by Crippen LogP contribution is -2.53. The molecule has 0 saturated carbocycles. The summed E-state index contributed by atoms with van der Waals surface area (Å²) in [6.45, 7) is 8.00. The van der Waals surface area contributed by atoms with Gasteiger partial charge in [0.25, 0.3) is 5.91 Å². The summed E-state index contributed by atoms with van der Waals surface area (Å²) in [5, 5.41) is 3.30. The standard InChI is InChI=1S/C24H35N5O5/c1-24(2,3)19(22(32)29-10-6-9-18(29)20(25)30)26-17-8-5-7-16(15-17)21(31)27-11-13-28(14-12-27)23(33)34-4/h5,7-8,15,18-19,26H,6,9-14H2,1-4H3,(H2,25,30)/t18-,19+/m0/s1. The number of nitrogens with zero attached hydrogens (tertiary/aromatic N) is 3. The molecular weight excluding hydrogens is 438 g/mol. The minimum absolute atomic E-state index is 0.139. The largest absolute Gasteiger partial charge is 0.453 e. The van der Waals surface area contributed by atoms with E-state index in [1.54, 1.807) is 32.9 Å². The predicted octanol–water partition coefficient (Wildman–Crippen LogP) is 1.51. The van der Waals surface area contributed by atoms with Gasteiger partial charge in [0.1, 0.15) is 12.1 Å². The molecule has 34 heavy (non-hydrogen) atoms. The fourth-order valence-electron chi connectivity index (χ4n) is 4.45. The van der Waals surface area contributed by atoms with E-state index < -0.39 is 29.5 Å². The van der Waals surface area contributed by atoms with Gasteiger partial charge in [0.2, 0.25) is 11.8 Å². The second-order valence-corrected chi connectivity index (χ2v) is 9.87. The van der Waals surface area contributed by atoms with Gasteiger partial charge in [-0.05, 0) is 36.5 Å². The van der Waals surface area contributed by atoms with Crippen molar-refractivity contribution in [2.45, 2.75) is 45.7 Å². The van der Waals surface area contributed by atoms with E-state index in [2.05, 4.69) is 5.32 Å². The molecule has 3 rings (SSSR count). The number of methoxy groups -OCH3 is 1. The summed E-state index contributed by atoms with van der Waals surface area (Å²) >= 11 is 0. The molecule has 1 aromatic carbocycles. The second-order valence-electron chi connectivity index (χ2n) is 9.87. The van der Waals surface area contributed by atoms with E-state index in [-0.39, 0.29) is 11.8 Å². The molecule has 4 amide bonds. The van der Waals surface area contributed by atoms with E-state index in [1.165, 1.54) is 7.11 Å². The summed E-state index contributed by atoms with van der Waals surface area (Å²) in [6.07, 6.45) is 0.918. The van der Waals surface area contributed by atoms with Crippen LogP contribution in [0.4, 0.5) is 10.5 Å². The van der Waals surface area contributed by atoms with Gasteiger partial charge >= 0.3 is 6.09 Å². The van der Waals surface area contributed by atoms with Gasteiger partial charge in [0, 0.05) is 44.0 Å². The SMILES string of the molecule is COC(=O)N1CCN(C(=O)c2cccc(N[C@H](C(=O)N3CCC[C@H]3C(N)=O)C(C)(C)C)c2)CC1. The van der Waals surface area contributed by atoms with Crippen LogP contribution in [0.15, 0.2) is 24.3 Å². The molecule has 186 valence electrons. The number of likely N-dealkylation sites (tertiary alicyclic amines) is 1. The first kappa shape index (κ1) is 25.3. The van der Waals surface area contributed by atoms with Gasteiger partial charge < -0.3 is 30.5 Å². The maximum Gasteiger partial charge on any atom is 0.409 e. The maximum atomic E-state index is 13.4. The first-order chi connectivity index (χ1) is 16.0. The highest BCUT2D eigenvalue weighted by Crippen LogP contribution is 2.28. The number of hydrogen-bond acceptors (Lipinski definition) is 6. The Bertz CT molecular complexity index is 936. The smallest absolute Gasteiger partial charge is 0.409 e. The van der Waals surface area contributed by atoms with Crippen molar-refractivity contribution in [1.29, 1.82) is 0 Å². The number of hydrogen-bond donors (Lipinski definition) is 2. The zero-order valence-electron chi connectivity index (χ0n) is 20.4. The number of ether oxygens (including phenoxy) is 1. The zero-order valence-corrected chi connectivity index (χ0v) is 20.4. The third kappa shape index (κ3) is 5.60. The van der Waals surface area contributed by atoms with Gasteiger partial charge in [-0.3, -0.25) is 14.4 Å². The molecule has 3 N–H and O–H groups in total. The van der Waals surface area contributed by atoms with Crippen LogP contribution in [0.3, 0.4) is 0 Å². The Morgan fingerprint density at radius 2 is 1.71 bits per heavy atom. The Morgan fingerprint density at radius 1 is 1.06 bits per heavy atom. The van der Waals surface area contributed by atoms with E-state index in [1.807, 2.05) is 26.8 Å². The van der Waals surface area contributed by atoms with Gasteiger partial charge in [0.05, 0.1) is 7.11 Å². The van der Waals surface area contributed by atoms with Crippen molar-refractivity contribution in [3.8, 4) is 0 Å². The van der Waals surface area contributed by atoms with Gasteiger partial charge in [-0.25, -0.2) is 4.79 Å². The van der Waals surface area contributed by atoms with Gasteiger partial charge in [-0.1, -0.05) is 26.8 Å². The summed E-state index contributed by atoms with van der Waals surface area (Å²) in [6, 6.07) is 5.85. The minimum atomic E-state index is -0.610. The Balaban J connectivity index is 1.73. The first-order valence-corrected chi connectivity index (χ1v) is 11.6. The van der Waals surface area contributed by atoms with Gasteiger partial charge in [0.15, 0.2) is 0 Å². The molecule has 10 nitrogen and oxygen atoms in total. The van der Waals surface area contributed by atoms with E-state index in [0.717, 1.165) is 6.42 Å². The van der Waals surface area contributed by atoms with E-state index in [9.17, 15) is 19.2 Å². The molecule has 0 spiro atoms. The third-order valence-corrected chi connectivity index (χ3v) is 6.40. The number of nitrogens with one attached hydrogen (secondary N) is 1. The second kappa shape index (κ2) is 10.3. The molecule has 0 aromatic heterocycles. The van der Waals surface area contributed by atoms with Crippen molar-refractivity contribution in [1.82, 2.24) is 14.7 Å². The Labute approximate surface area is 200 Å². The third-order valence-electron chi connectivity index (χ3n) is 6.40. The number of carbonyl (C=O) groups excluding carboxylic acids is 4. The summed E-state index contributed by atoms with van der Waals surface area (Å²) in [7, 11) is 1.34. The fourth-order valence-corrected chi connectivity index (χ4v) is 4.45. The van der Waals surface area contributed by atoms with Crippen LogP contribution in [0.5, 0.6) is 0 Å². The van der Waals surface area contributed by atoms with Crippen LogP contribution in [0.25, 0.3) is 0 Å². The molecular formula is C24H35N5O5. The van der Waals surface area contributed by atoms with Crippen LogP contribution in [-0.4, -0.2) is 90.4 Å². The Hall–Kier alpha value is -3.30. The molecule has 0 radical (unpaired) electrons. The van der Waals surface area contributed by atoms with Crippen molar-refractivity contribution in [2.75, 3.05) is 45.2 Å². The highest BCUT2D eigenvalue weighted by atomic mass is 16.5. The van der Waals surface area contributed by atoms with Crippen molar-refractivity contribution in [2.24, 2.45) is 11.1 Å². The summed E-state index contributed by atoms with van der Waals surface area (Å²) < 4.78 is 4.74. The van der Waals surface area contributed by atoms with Crippen LogP contribution in [0.2, 0.25) is 0 Å². The molecule has 0 bridgehead atoms. The van der Waals surface area contributed by atoms with Gasteiger partial charge in [-0.2, -0.15) is 0 Å². The number of primary amides is 1. The van der Waals surface area contributed by atoms with Crippen molar-refractivity contribution in [3.05, 3.63) is 29.8 Å². The number of piperazine rings is 1. The fraction of sp³-hybridized carbons (Fsp3) is 0.583. The minimum Gasteiger partial charge on any atom is -0.453 e. The monoisotopic (exact) mass is 473 g/mol. The normalized spacial score (nSPS) is 19.5. The number of carbonyl (C=O) groups is 4. The summed E-state index contributed by atoms with van der Waals surface area (Å²) in [4.78, 5) is 54.9. The van der Waals surface area contributed by atoms with Crippen molar-refractivity contribution in [3.63, 3.8) is 0 Å². The average Bonchev–Trinajstić information content (AvgIpc) is 3.31. The lowest BCUT2D eigenvalue weighted by Gasteiger charge is -2.36. The molecule has 2 aliphatic rings. The molecule has 2 heterocycles. The van der Waals surface area contributed by atoms with E-state index >= 15 is 0 Å². The average molecular weight is 474 g/mol. The molecule has 10 heteroatoms. The molecule has 0 aliphatic carbocycles. The van der Waals surface area contributed by atoms with Crippen LogP contribution in [0, 0.1) is 5.41 Å². The van der Waals surface area contributed by atoms with Crippen LogP contribution in [-0.2, 0) is 14.3 Å². The number of amides is 4. The van der Waals surface area contributed by atoms with E-state index in [0.29, 0.717) is 50.4 Å². The highest BCUT2D eigenvalue weighted by molar-refractivity contribution is 5.96. The molecule has 0 unspecified atom stereocenters. The van der Waals surface area contributed by atoms with E-state index in [4.69, 9.17) is 10.5 Å². The first-order valence-electron chi connectivity index (χ1n) is 11.6. The van der Waals surface area contributed by atoms with Crippen molar-refractivity contribution >= 4 is 29.5 Å². The number of anilines is 1. The van der Waals surface area contributed by atoms with Crippen LogP contribution >= 0.6 is 0 Å². The number of nitrogens with two attached hydrogens (primary N) is 1. The lowest BCUT2D eigenvalue weighted by molar-refractivity contribution is -0.139. The Kier molecular flexibility index (Phi) is 7.68. The Morgan fingerprint density at radius 3 is 2.29 bits per heavy atom. The molecule has 1 aromatic rings. The summed E-state index contributed by atoms with van der Waals surface area (Å²) in [5.41, 5.74) is 6.20. The number of benzene rings is 1. The van der Waals surface area contributed by atoms with Crippen LogP contribution < -0.4 is 11.1 Å². The highest BCUT2D eigenvalue weighted by Gasteiger charge is 2.40. The topological polar surface area (TPSA) is 125 Å². The predicted molar refractivity (Wildman–Crippen MR) is 127 cm³/mol. The summed E-state index contributed by atoms with van der Waals surface area (Å²) in [5.74, 6) is -0.803. The molecule has 2 saturated heterocycles. The quantitative estimate of drug-likeness (QED) is 0.668. The zero-order chi connectivity index (χ0) is 25.0. The molecule has 2 atom stereocenters. The lowest BCUT2D eigenvalue weighted by atomic mass is 9.85.